The number of halogens is 1. The largest absolute Gasteiger partial charge is 0.481 e. The van der Waals surface area contributed by atoms with Crippen molar-refractivity contribution < 1.29 is 9.53 Å². The lowest BCUT2D eigenvalue weighted by Gasteiger charge is -2.15. The summed E-state index contributed by atoms with van der Waals surface area (Å²) < 4.78 is 6.64. The van der Waals surface area contributed by atoms with E-state index in [4.69, 9.17) is 4.74 Å². The predicted octanol–water partition coefficient (Wildman–Crippen LogP) is 4.97. The zero-order chi connectivity index (χ0) is 15.4. The minimum atomic E-state index is -0.517. The van der Waals surface area contributed by atoms with Crippen molar-refractivity contribution in [1.29, 1.82) is 0 Å². The molecule has 0 spiro atoms. The van der Waals surface area contributed by atoms with Gasteiger partial charge >= 0.3 is 0 Å². The average molecular weight is 347 g/mol. The molecule has 2 aromatic rings. The Hall–Kier alpha value is -1.61. The number of ketones is 1. The highest BCUT2D eigenvalue weighted by Gasteiger charge is 2.17. The minimum Gasteiger partial charge on any atom is -0.481 e. The van der Waals surface area contributed by atoms with E-state index in [1.165, 1.54) is 5.56 Å². The van der Waals surface area contributed by atoms with Crippen LogP contribution in [0.25, 0.3) is 0 Å². The molecule has 1 atom stereocenters. The fraction of sp³-hybridized carbons (Fsp3) is 0.278. The molecule has 0 aliphatic carbocycles. The second kappa shape index (κ2) is 6.90. The van der Waals surface area contributed by atoms with Crippen LogP contribution in [-0.2, 0) is 6.42 Å². The van der Waals surface area contributed by atoms with Crippen molar-refractivity contribution in [1.82, 2.24) is 0 Å². The first-order valence-corrected chi connectivity index (χ1v) is 7.86. The highest BCUT2D eigenvalue weighted by atomic mass is 79.9. The number of rotatable bonds is 5. The molecule has 1 unspecified atom stereocenters. The Balaban J connectivity index is 2.11. The maximum Gasteiger partial charge on any atom is 0.202 e. The van der Waals surface area contributed by atoms with Crippen LogP contribution in [0.15, 0.2) is 46.9 Å². The van der Waals surface area contributed by atoms with Crippen molar-refractivity contribution in [3.63, 3.8) is 0 Å². The molecule has 2 nitrogen and oxygen atoms in total. The van der Waals surface area contributed by atoms with E-state index in [9.17, 15) is 4.79 Å². The van der Waals surface area contributed by atoms with Gasteiger partial charge in [-0.25, -0.2) is 0 Å². The number of carbonyl (C=O) groups excluding carboxylic acids is 1. The average Bonchev–Trinajstić information content (AvgIpc) is 2.49. The number of hydrogen-bond acceptors (Lipinski definition) is 2. The summed E-state index contributed by atoms with van der Waals surface area (Å²) in [6.45, 7) is 5.89. The molecule has 21 heavy (non-hydrogen) atoms. The van der Waals surface area contributed by atoms with Crippen molar-refractivity contribution in [2.45, 2.75) is 33.3 Å². The van der Waals surface area contributed by atoms with Crippen molar-refractivity contribution in [3.8, 4) is 5.75 Å². The van der Waals surface area contributed by atoms with Crippen LogP contribution >= 0.6 is 15.9 Å². The first kappa shape index (κ1) is 15.8. The van der Waals surface area contributed by atoms with Crippen molar-refractivity contribution in [2.75, 3.05) is 0 Å². The van der Waals surface area contributed by atoms with Crippen LogP contribution in [0.1, 0.15) is 35.3 Å². The number of carbonyl (C=O) groups is 1. The lowest BCUT2D eigenvalue weighted by Crippen LogP contribution is -2.24. The van der Waals surface area contributed by atoms with Crippen LogP contribution in [0.3, 0.4) is 0 Å². The molecular formula is C18H19BrO2. The monoisotopic (exact) mass is 346 g/mol. The third kappa shape index (κ3) is 3.94. The number of benzene rings is 2. The molecule has 0 heterocycles. The third-order valence-electron chi connectivity index (χ3n) is 3.41. The molecule has 0 aliphatic heterocycles. The maximum absolute atomic E-state index is 12.4. The van der Waals surface area contributed by atoms with Gasteiger partial charge in [0.15, 0.2) is 6.10 Å². The van der Waals surface area contributed by atoms with Crippen LogP contribution in [0.4, 0.5) is 0 Å². The fourth-order valence-corrected chi connectivity index (χ4v) is 2.67. The Morgan fingerprint density at radius 1 is 1.19 bits per heavy atom. The van der Waals surface area contributed by atoms with E-state index in [0.29, 0.717) is 11.3 Å². The van der Waals surface area contributed by atoms with Gasteiger partial charge in [0.25, 0.3) is 0 Å². The number of hydrogen-bond donors (Lipinski definition) is 0. The summed E-state index contributed by atoms with van der Waals surface area (Å²) in [5.41, 5.74) is 3.05. The summed E-state index contributed by atoms with van der Waals surface area (Å²) in [5, 5.41) is 0. The Kier molecular flexibility index (Phi) is 5.18. The topological polar surface area (TPSA) is 26.3 Å². The molecule has 0 radical (unpaired) electrons. The lowest BCUT2D eigenvalue weighted by atomic mass is 10.0. The van der Waals surface area contributed by atoms with Gasteiger partial charge in [-0.15, -0.1) is 0 Å². The van der Waals surface area contributed by atoms with Crippen molar-refractivity contribution in [3.05, 3.63) is 63.6 Å². The Morgan fingerprint density at radius 3 is 2.43 bits per heavy atom. The summed E-state index contributed by atoms with van der Waals surface area (Å²) in [6.07, 6.45) is 0.452. The maximum atomic E-state index is 12.4. The van der Waals surface area contributed by atoms with Gasteiger partial charge in [-0.1, -0.05) is 37.3 Å². The van der Waals surface area contributed by atoms with E-state index >= 15 is 0 Å². The second-order valence-electron chi connectivity index (χ2n) is 5.11. The fourth-order valence-electron chi connectivity index (χ4n) is 2.08. The second-order valence-corrected chi connectivity index (χ2v) is 5.96. The molecule has 3 heteroatoms. The standard InChI is InChI=1S/C18H19BrO2/c1-4-14-6-8-15(9-7-14)18(20)13(3)21-17-10-5-12(2)11-16(17)19/h5-11,13H,4H2,1-3H3. The van der Waals surface area contributed by atoms with Gasteiger partial charge in [0.1, 0.15) is 5.75 Å². The third-order valence-corrected chi connectivity index (χ3v) is 4.03. The molecule has 0 aromatic heterocycles. The zero-order valence-electron chi connectivity index (χ0n) is 12.5. The summed E-state index contributed by atoms with van der Waals surface area (Å²) in [7, 11) is 0. The lowest BCUT2D eigenvalue weighted by molar-refractivity contribution is 0.0817. The van der Waals surface area contributed by atoms with Gasteiger partial charge in [0.05, 0.1) is 4.47 Å². The van der Waals surface area contributed by atoms with E-state index in [1.807, 2.05) is 49.4 Å². The number of Topliss-reactive ketones (excluding diaryl/α,β-unsaturated/α-hetero) is 1. The molecule has 0 saturated carbocycles. The van der Waals surface area contributed by atoms with Gasteiger partial charge in [0, 0.05) is 5.56 Å². The highest BCUT2D eigenvalue weighted by Crippen LogP contribution is 2.27. The molecule has 0 N–H and O–H groups in total. The van der Waals surface area contributed by atoms with Crippen LogP contribution in [0.2, 0.25) is 0 Å². The van der Waals surface area contributed by atoms with Gasteiger partial charge in [-0.2, -0.15) is 0 Å². The Bertz CT molecular complexity index is 632. The Morgan fingerprint density at radius 2 is 1.86 bits per heavy atom. The van der Waals surface area contributed by atoms with Gasteiger partial charge in [0.2, 0.25) is 5.78 Å². The summed E-state index contributed by atoms with van der Waals surface area (Å²) >= 11 is 3.46. The zero-order valence-corrected chi connectivity index (χ0v) is 14.1. The van der Waals surface area contributed by atoms with Gasteiger partial charge in [-0.3, -0.25) is 4.79 Å². The van der Waals surface area contributed by atoms with E-state index in [-0.39, 0.29) is 5.78 Å². The molecule has 0 amide bonds. The minimum absolute atomic E-state index is 0.00914. The van der Waals surface area contributed by atoms with E-state index < -0.39 is 6.10 Å². The molecule has 2 rings (SSSR count). The highest BCUT2D eigenvalue weighted by molar-refractivity contribution is 9.10. The van der Waals surface area contributed by atoms with E-state index in [0.717, 1.165) is 16.5 Å². The normalized spacial score (nSPS) is 12.0. The van der Waals surface area contributed by atoms with Crippen molar-refractivity contribution in [2.24, 2.45) is 0 Å². The van der Waals surface area contributed by atoms with Crippen molar-refractivity contribution >= 4 is 21.7 Å². The predicted molar refractivity (Wildman–Crippen MR) is 89.1 cm³/mol. The molecule has 2 aromatic carbocycles. The number of ether oxygens (including phenoxy) is 1. The van der Waals surface area contributed by atoms with Gasteiger partial charge < -0.3 is 4.74 Å². The molecule has 0 bridgehead atoms. The van der Waals surface area contributed by atoms with Crippen LogP contribution in [0.5, 0.6) is 5.75 Å². The molecule has 110 valence electrons. The summed E-state index contributed by atoms with van der Waals surface area (Å²) in [6, 6.07) is 13.5. The molecule has 0 aliphatic rings. The smallest absolute Gasteiger partial charge is 0.202 e. The summed E-state index contributed by atoms with van der Waals surface area (Å²) in [5.74, 6) is 0.678. The first-order chi connectivity index (χ1) is 10.0. The SMILES string of the molecule is CCc1ccc(C(=O)C(C)Oc2ccc(C)cc2Br)cc1. The first-order valence-electron chi connectivity index (χ1n) is 7.07. The van der Waals surface area contributed by atoms with Crippen LogP contribution < -0.4 is 4.74 Å². The molecule has 0 fully saturated rings. The van der Waals surface area contributed by atoms with Gasteiger partial charge in [-0.05, 0) is 59.5 Å². The van der Waals surface area contributed by atoms with E-state index in [2.05, 4.69) is 22.9 Å². The number of aryl methyl sites for hydroxylation is 2. The Labute approximate surface area is 134 Å². The molecular weight excluding hydrogens is 328 g/mol. The van der Waals surface area contributed by atoms with Crippen LogP contribution in [0, 0.1) is 6.92 Å². The quantitative estimate of drug-likeness (QED) is 0.714. The van der Waals surface area contributed by atoms with E-state index in [1.54, 1.807) is 6.92 Å². The van der Waals surface area contributed by atoms with Crippen LogP contribution in [-0.4, -0.2) is 11.9 Å². The summed E-state index contributed by atoms with van der Waals surface area (Å²) in [4.78, 5) is 12.4. The molecule has 0 saturated heterocycles.